The Kier molecular flexibility index (Phi) is 9.57. The van der Waals surface area contributed by atoms with Gasteiger partial charge < -0.3 is 20.7 Å². The number of hydrogen-bond acceptors (Lipinski definition) is 4. The number of benzene rings is 2. The van der Waals surface area contributed by atoms with Gasteiger partial charge in [0, 0.05) is 3.57 Å². The molecule has 9 heteroatoms. The second-order valence-corrected chi connectivity index (χ2v) is 8.32. The van der Waals surface area contributed by atoms with Crippen molar-refractivity contribution in [3.05, 3.63) is 49.1 Å². The normalized spacial score (nSPS) is 12.8. The molecule has 5 nitrogen and oxygen atoms in total. The van der Waals surface area contributed by atoms with E-state index >= 15 is 0 Å². The molecule has 24 heavy (non-hydrogen) atoms. The van der Waals surface area contributed by atoms with E-state index in [-0.39, 0.29) is 39.2 Å². The van der Waals surface area contributed by atoms with E-state index < -0.39 is 12.0 Å². The van der Waals surface area contributed by atoms with Crippen LogP contribution in [-0.2, 0) is 4.79 Å². The topological polar surface area (TPSA) is 95.6 Å². The predicted octanol–water partition coefficient (Wildman–Crippen LogP) is 0.654. The number of carboxylic acids is 1. The van der Waals surface area contributed by atoms with Gasteiger partial charge in [0.1, 0.15) is 17.5 Å². The van der Waals surface area contributed by atoms with Crippen LogP contribution in [0.25, 0.3) is 0 Å². The van der Waals surface area contributed by atoms with E-state index in [0.717, 1.165) is 9.13 Å². The molecule has 122 valence electrons. The zero-order chi connectivity index (χ0) is 17.1. The van der Waals surface area contributed by atoms with Gasteiger partial charge in [-0.1, -0.05) is 46.5 Å². The van der Waals surface area contributed by atoms with Crippen LogP contribution in [0.15, 0.2) is 36.4 Å². The summed E-state index contributed by atoms with van der Waals surface area (Å²) in [6.45, 7) is 0. The van der Waals surface area contributed by atoms with E-state index in [4.69, 9.17) is 15.6 Å². The van der Waals surface area contributed by atoms with E-state index in [1.807, 2.05) is 45.2 Å². The number of aliphatic carboxylic acids is 1. The van der Waals surface area contributed by atoms with Crippen LogP contribution >= 0.6 is 67.8 Å². The Bertz CT molecular complexity index is 727. The Hall–Kier alpha value is 0.660. The quantitative estimate of drug-likeness (QED) is 0.277. The summed E-state index contributed by atoms with van der Waals surface area (Å²) in [7, 11) is 0. The fraction of sp³-hybridized carbons (Fsp3) is 0.133. The molecule has 0 saturated carbocycles. The third-order valence-electron chi connectivity index (χ3n) is 3.01. The van der Waals surface area contributed by atoms with Gasteiger partial charge in [-0.3, -0.25) is 4.79 Å². The second-order valence-electron chi connectivity index (χ2n) is 4.65. The van der Waals surface area contributed by atoms with Crippen molar-refractivity contribution in [2.75, 3.05) is 0 Å². The van der Waals surface area contributed by atoms with Crippen LogP contribution in [0.2, 0.25) is 0 Å². The Balaban J connectivity index is 0.00000288. The molecule has 2 atom stereocenters. The van der Waals surface area contributed by atoms with Crippen molar-refractivity contribution in [2.45, 2.75) is 9.97 Å². The van der Waals surface area contributed by atoms with Crippen LogP contribution in [-0.4, -0.2) is 17.1 Å². The molecule has 0 bridgehead atoms. The molecule has 2 aromatic carbocycles. The minimum absolute atomic E-state index is 0. The molecule has 0 aliphatic heterocycles. The summed E-state index contributed by atoms with van der Waals surface area (Å²) < 4.78 is 6.78. The van der Waals surface area contributed by atoms with Gasteiger partial charge in [0.2, 0.25) is 0 Å². The zero-order valence-electron chi connectivity index (χ0n) is 12.5. The fourth-order valence-electron chi connectivity index (χ4n) is 1.77. The predicted molar refractivity (Wildman–Crippen MR) is 110 cm³/mol. The van der Waals surface area contributed by atoms with Crippen molar-refractivity contribution in [2.24, 2.45) is 5.73 Å². The van der Waals surface area contributed by atoms with E-state index in [0.29, 0.717) is 15.1 Å². The van der Waals surface area contributed by atoms with Gasteiger partial charge >= 0.3 is 35.5 Å². The minimum Gasteiger partial charge on any atom is -0.872 e. The van der Waals surface area contributed by atoms with Gasteiger partial charge in [0.05, 0.1) is 7.49 Å². The summed E-state index contributed by atoms with van der Waals surface area (Å²) in [5.74, 6) is 0.142. The van der Waals surface area contributed by atoms with E-state index in [1.54, 1.807) is 30.3 Å². The maximum absolute atomic E-state index is 11.6. The van der Waals surface area contributed by atoms with Crippen LogP contribution in [0, 0.1) is 7.14 Å². The number of nitrogens with two attached hydrogens (primary N) is 1. The van der Waals surface area contributed by atoms with Crippen LogP contribution in [0.4, 0.5) is 0 Å². The molecule has 0 aliphatic rings. The average molecular weight is 673 g/mol. The Morgan fingerprint density at radius 2 is 1.75 bits per heavy atom. The van der Waals surface area contributed by atoms with Crippen molar-refractivity contribution in [3.63, 3.8) is 0 Å². The zero-order valence-corrected chi connectivity index (χ0v) is 21.0. The van der Waals surface area contributed by atoms with Crippen LogP contribution < -0.4 is 45.1 Å². The molecule has 0 spiro atoms. The number of halogens is 3. The summed E-state index contributed by atoms with van der Waals surface area (Å²) in [6.07, 6.45) is 0. The molecule has 2 aromatic rings. The summed E-state index contributed by atoms with van der Waals surface area (Å²) in [6, 6.07) is 9.34. The second kappa shape index (κ2) is 10.1. The third kappa shape index (κ3) is 5.84. The molecular formula is C15H11I3NNaO4. The summed E-state index contributed by atoms with van der Waals surface area (Å²) in [4.78, 5) is 10.9. The fourth-order valence-corrected chi connectivity index (χ4v) is 3.48. The van der Waals surface area contributed by atoms with Crippen molar-refractivity contribution in [3.8, 4) is 17.2 Å². The molecule has 3 N–H and O–H groups in total. The molecule has 2 rings (SSSR count). The number of carboxylic acid groups (broad SMARTS) is 1. The monoisotopic (exact) mass is 673 g/mol. The third-order valence-corrected chi connectivity index (χ3v) is 6.19. The first-order valence-corrected chi connectivity index (χ1v) is 9.76. The van der Waals surface area contributed by atoms with Gasteiger partial charge in [-0.25, -0.2) is 0 Å². The van der Waals surface area contributed by atoms with Crippen molar-refractivity contribution < 1.29 is 49.3 Å². The van der Waals surface area contributed by atoms with Crippen LogP contribution in [0.3, 0.4) is 0 Å². The van der Waals surface area contributed by atoms with Gasteiger partial charge in [0.25, 0.3) is 0 Å². The van der Waals surface area contributed by atoms with Crippen molar-refractivity contribution in [1.82, 2.24) is 0 Å². The molecule has 0 fully saturated rings. The Morgan fingerprint density at radius 3 is 2.29 bits per heavy atom. The number of rotatable bonds is 5. The first-order chi connectivity index (χ1) is 10.8. The number of hydrogen-bond donors (Lipinski definition) is 2. The number of ether oxygens (including phenoxy) is 1. The molecular weight excluding hydrogens is 662 g/mol. The van der Waals surface area contributed by atoms with Gasteiger partial charge in [-0.05, 0) is 68.9 Å². The maximum Gasteiger partial charge on any atom is 1.00 e. The van der Waals surface area contributed by atoms with Gasteiger partial charge in [-0.2, -0.15) is 0 Å². The van der Waals surface area contributed by atoms with Crippen LogP contribution in [0.5, 0.6) is 17.2 Å². The molecule has 0 radical (unpaired) electrons. The van der Waals surface area contributed by atoms with Gasteiger partial charge in [0.15, 0.2) is 0 Å². The molecule has 0 saturated heterocycles. The van der Waals surface area contributed by atoms with E-state index in [2.05, 4.69) is 22.6 Å². The molecule has 0 unspecified atom stereocenters. The van der Waals surface area contributed by atoms with Crippen LogP contribution in [0.1, 0.15) is 9.49 Å². The standard InChI is InChI=1S/C15H12I3NO4.Na/c16-9-6-12(10(17)5-11(9)20)23-8-3-1-7(2-4-8)13(18)14(19)15(21)22;/h1-6,13-14,20H,19H2,(H,21,22);/q;+1/p-1/t13-,14-;/m0./s1. The molecule has 0 heterocycles. The Morgan fingerprint density at radius 1 is 1.17 bits per heavy atom. The maximum atomic E-state index is 11.6. The summed E-state index contributed by atoms with van der Waals surface area (Å²) >= 11 is 6.04. The summed E-state index contributed by atoms with van der Waals surface area (Å²) in [5, 5.41) is 20.5. The summed E-state index contributed by atoms with van der Waals surface area (Å²) in [5.41, 5.74) is 6.45. The Labute approximate surface area is 202 Å². The van der Waals surface area contributed by atoms with Crippen molar-refractivity contribution in [1.29, 1.82) is 0 Å². The smallest absolute Gasteiger partial charge is 0.872 e. The number of alkyl halides is 1. The molecule has 0 aromatic heterocycles. The first kappa shape index (κ1) is 22.7. The largest absolute Gasteiger partial charge is 1.00 e. The van der Waals surface area contributed by atoms with Gasteiger partial charge in [-0.15, -0.1) is 0 Å². The SMILES string of the molecule is N[C@H](C(=O)O)[C@@H](I)c1ccc(Oc2cc(I)c([O-])cc2I)cc1.[Na+]. The minimum atomic E-state index is -1.04. The number of carbonyl (C=O) groups is 1. The molecule has 0 amide bonds. The average Bonchev–Trinajstić information content (AvgIpc) is 2.51. The van der Waals surface area contributed by atoms with Crippen molar-refractivity contribution >= 4 is 73.7 Å². The molecule has 0 aliphatic carbocycles. The first-order valence-electron chi connectivity index (χ1n) is 6.36. The van der Waals surface area contributed by atoms with E-state index in [1.165, 1.54) is 6.07 Å². The van der Waals surface area contributed by atoms with E-state index in [9.17, 15) is 9.90 Å².